The fraction of sp³-hybridized carbons (Fsp3) is 0.143. The summed E-state index contributed by atoms with van der Waals surface area (Å²) in [6.45, 7) is 0. The highest BCUT2D eigenvalue weighted by Crippen LogP contribution is 2.41. The quantitative estimate of drug-likeness (QED) is 0.835. The van der Waals surface area contributed by atoms with Crippen molar-refractivity contribution in [3.63, 3.8) is 0 Å². The molecular formula is C14H9F3N4O3. The first kappa shape index (κ1) is 15.7. The number of nitrogens with one attached hydrogen (secondary N) is 1. The van der Waals surface area contributed by atoms with Crippen LogP contribution < -0.4 is 5.32 Å². The fourth-order valence-corrected chi connectivity index (χ4v) is 2.34. The second kappa shape index (κ2) is 5.48. The van der Waals surface area contributed by atoms with E-state index in [2.05, 4.69) is 15.3 Å². The van der Waals surface area contributed by atoms with Gasteiger partial charge in [-0.3, -0.25) is 0 Å². The van der Waals surface area contributed by atoms with Crippen molar-refractivity contribution in [2.24, 2.45) is 4.99 Å². The first-order valence-corrected chi connectivity index (χ1v) is 6.58. The maximum Gasteiger partial charge on any atom is 0.418 e. The number of fused-ring (bicyclic) bond motifs is 1. The van der Waals surface area contributed by atoms with Crippen molar-refractivity contribution in [1.29, 1.82) is 0 Å². The molecule has 10 heteroatoms. The van der Waals surface area contributed by atoms with E-state index in [9.17, 15) is 22.8 Å². The molecule has 0 bridgehead atoms. The van der Waals surface area contributed by atoms with E-state index < -0.39 is 29.5 Å². The highest BCUT2D eigenvalue weighted by molar-refractivity contribution is 6.42. The second-order valence-electron chi connectivity index (χ2n) is 4.91. The Labute approximate surface area is 132 Å². The molecule has 0 radical (unpaired) electrons. The van der Waals surface area contributed by atoms with Crippen molar-refractivity contribution in [3.8, 4) is 5.69 Å². The molecule has 1 atom stereocenters. The second-order valence-corrected chi connectivity index (χ2v) is 4.91. The number of aromatic nitrogens is 2. The molecule has 0 aliphatic carbocycles. The third kappa shape index (κ3) is 2.62. The lowest BCUT2D eigenvalue weighted by molar-refractivity contribution is -0.137. The number of halogens is 3. The van der Waals surface area contributed by atoms with Crippen LogP contribution in [0.5, 0.6) is 0 Å². The SMILES string of the molecule is O=CC1Nc2cc(C(F)(F)F)c(-n3ccnc3)cc2N=C1C(=O)O. The van der Waals surface area contributed by atoms with E-state index in [4.69, 9.17) is 5.11 Å². The lowest BCUT2D eigenvalue weighted by atomic mass is 10.0. The van der Waals surface area contributed by atoms with Crippen LogP contribution in [0.1, 0.15) is 5.56 Å². The van der Waals surface area contributed by atoms with Crippen LogP contribution in [0.25, 0.3) is 5.69 Å². The number of aliphatic carboxylic acids is 1. The van der Waals surface area contributed by atoms with Gasteiger partial charge in [0.15, 0.2) is 5.71 Å². The molecule has 1 aliphatic heterocycles. The number of nitrogens with zero attached hydrogens (tertiary/aromatic N) is 3. The summed E-state index contributed by atoms with van der Waals surface area (Å²) < 4.78 is 41.1. The van der Waals surface area contributed by atoms with Gasteiger partial charge in [0.25, 0.3) is 0 Å². The average Bonchev–Trinajstić information content (AvgIpc) is 3.05. The van der Waals surface area contributed by atoms with E-state index in [-0.39, 0.29) is 23.3 Å². The number of hydrogen-bond acceptors (Lipinski definition) is 5. The van der Waals surface area contributed by atoms with E-state index in [1.54, 1.807) is 0 Å². The zero-order valence-corrected chi connectivity index (χ0v) is 11.8. The largest absolute Gasteiger partial charge is 0.477 e. The summed E-state index contributed by atoms with van der Waals surface area (Å²) in [5, 5.41) is 11.5. The molecule has 7 nitrogen and oxygen atoms in total. The Morgan fingerprint density at radius 3 is 2.67 bits per heavy atom. The molecule has 1 aromatic carbocycles. The molecular weight excluding hydrogens is 329 g/mol. The minimum atomic E-state index is -4.66. The summed E-state index contributed by atoms with van der Waals surface area (Å²) in [5.74, 6) is -1.44. The molecule has 1 unspecified atom stereocenters. The minimum Gasteiger partial charge on any atom is -0.477 e. The Bertz CT molecular complexity index is 844. The minimum absolute atomic E-state index is 0.0119. The topological polar surface area (TPSA) is 96.6 Å². The maximum absolute atomic E-state index is 13.3. The smallest absolute Gasteiger partial charge is 0.418 e. The highest BCUT2D eigenvalue weighted by Gasteiger charge is 2.37. The summed E-state index contributed by atoms with van der Waals surface area (Å²) in [6.07, 6.45) is -0.574. The van der Waals surface area contributed by atoms with Crippen molar-refractivity contribution >= 4 is 29.3 Å². The van der Waals surface area contributed by atoms with Crippen LogP contribution in [-0.2, 0) is 15.8 Å². The molecule has 0 fully saturated rings. The Morgan fingerprint density at radius 1 is 1.38 bits per heavy atom. The molecule has 0 amide bonds. The van der Waals surface area contributed by atoms with Crippen LogP contribution in [0.3, 0.4) is 0 Å². The number of carboxylic acid groups (broad SMARTS) is 1. The zero-order valence-electron chi connectivity index (χ0n) is 11.8. The highest BCUT2D eigenvalue weighted by atomic mass is 19.4. The van der Waals surface area contributed by atoms with Crippen LogP contribution in [0.4, 0.5) is 24.5 Å². The van der Waals surface area contributed by atoms with Gasteiger partial charge in [0.1, 0.15) is 12.3 Å². The van der Waals surface area contributed by atoms with E-state index in [1.165, 1.54) is 18.7 Å². The average molecular weight is 338 g/mol. The van der Waals surface area contributed by atoms with E-state index in [0.717, 1.165) is 16.7 Å². The molecule has 1 aliphatic rings. The monoisotopic (exact) mass is 338 g/mol. The molecule has 3 rings (SSSR count). The van der Waals surface area contributed by atoms with Gasteiger partial charge in [0.2, 0.25) is 0 Å². The van der Waals surface area contributed by atoms with E-state index >= 15 is 0 Å². The van der Waals surface area contributed by atoms with Crippen LogP contribution in [0.2, 0.25) is 0 Å². The summed E-state index contributed by atoms with van der Waals surface area (Å²) in [5.41, 5.74) is -1.80. The molecule has 1 aromatic heterocycles. The molecule has 2 N–H and O–H groups in total. The first-order valence-electron chi connectivity index (χ1n) is 6.58. The van der Waals surface area contributed by atoms with Crippen molar-refractivity contribution in [1.82, 2.24) is 9.55 Å². The summed E-state index contributed by atoms with van der Waals surface area (Å²) in [6, 6.07) is 0.565. The Kier molecular flexibility index (Phi) is 3.59. The maximum atomic E-state index is 13.3. The summed E-state index contributed by atoms with van der Waals surface area (Å²) in [4.78, 5) is 29.6. The van der Waals surface area contributed by atoms with Gasteiger partial charge >= 0.3 is 12.1 Å². The number of aliphatic imine (C=N–C) groups is 1. The fourth-order valence-electron chi connectivity index (χ4n) is 2.34. The lowest BCUT2D eigenvalue weighted by Crippen LogP contribution is -2.38. The summed E-state index contributed by atoms with van der Waals surface area (Å²) in [7, 11) is 0. The third-order valence-electron chi connectivity index (χ3n) is 3.40. The van der Waals surface area contributed by atoms with Crippen LogP contribution >= 0.6 is 0 Å². The van der Waals surface area contributed by atoms with E-state index in [1.807, 2.05) is 0 Å². The number of hydrogen-bond donors (Lipinski definition) is 2. The molecule has 24 heavy (non-hydrogen) atoms. The predicted octanol–water partition coefficient (Wildman–Crippen LogP) is 2.04. The molecule has 2 aromatic rings. The molecule has 0 saturated carbocycles. The van der Waals surface area contributed by atoms with Gasteiger partial charge in [-0.25, -0.2) is 14.8 Å². The van der Waals surface area contributed by atoms with Crippen molar-refractivity contribution < 1.29 is 27.9 Å². The van der Waals surface area contributed by atoms with Crippen LogP contribution in [0.15, 0.2) is 35.8 Å². The van der Waals surface area contributed by atoms with Crippen molar-refractivity contribution in [2.75, 3.05) is 5.32 Å². The Morgan fingerprint density at radius 2 is 2.12 bits per heavy atom. The zero-order chi connectivity index (χ0) is 17.5. The number of aldehydes is 1. The van der Waals surface area contributed by atoms with Crippen molar-refractivity contribution in [2.45, 2.75) is 12.2 Å². The van der Waals surface area contributed by atoms with Gasteiger partial charge in [-0.1, -0.05) is 0 Å². The Hall–Kier alpha value is -3.17. The first-order chi connectivity index (χ1) is 11.3. The molecule has 0 spiro atoms. The van der Waals surface area contributed by atoms with Gasteiger partial charge in [0.05, 0.1) is 29.0 Å². The van der Waals surface area contributed by atoms with Crippen molar-refractivity contribution in [3.05, 3.63) is 36.4 Å². The predicted molar refractivity (Wildman–Crippen MR) is 76.8 cm³/mol. The molecule has 2 heterocycles. The summed E-state index contributed by atoms with van der Waals surface area (Å²) >= 11 is 0. The number of benzene rings is 1. The van der Waals surface area contributed by atoms with Gasteiger partial charge in [-0.05, 0) is 12.1 Å². The normalized spacial score (nSPS) is 16.8. The standard InChI is InChI=1S/C14H9F3N4O3/c15-14(16,17)7-3-8-9(4-11(7)21-2-1-18-6-21)20-12(13(23)24)10(5-22)19-8/h1-6,10,19H,(H,23,24). The van der Waals surface area contributed by atoms with Gasteiger partial charge in [-0.2, -0.15) is 13.2 Å². The lowest BCUT2D eigenvalue weighted by Gasteiger charge is -2.24. The van der Waals surface area contributed by atoms with Crippen LogP contribution in [-0.4, -0.2) is 38.7 Å². The van der Waals surface area contributed by atoms with Gasteiger partial charge < -0.3 is 19.8 Å². The number of carbonyl (C=O) groups excluding carboxylic acids is 1. The number of imidazole rings is 1. The Balaban J connectivity index is 2.24. The number of carbonyl (C=O) groups is 2. The molecule has 0 saturated heterocycles. The molecule has 124 valence electrons. The van der Waals surface area contributed by atoms with Gasteiger partial charge in [-0.15, -0.1) is 0 Å². The number of anilines is 1. The number of rotatable bonds is 3. The third-order valence-corrected chi connectivity index (χ3v) is 3.40. The van der Waals surface area contributed by atoms with Gasteiger partial charge in [0, 0.05) is 12.4 Å². The van der Waals surface area contributed by atoms with E-state index in [0.29, 0.717) is 0 Å². The van der Waals surface area contributed by atoms with Crippen LogP contribution in [0, 0.1) is 0 Å². The number of carboxylic acids is 1. The number of alkyl halides is 3.